The van der Waals surface area contributed by atoms with Crippen molar-refractivity contribution in [2.24, 2.45) is 5.92 Å². The third kappa shape index (κ3) is 3.14. The highest BCUT2D eigenvalue weighted by Gasteiger charge is 2.26. The van der Waals surface area contributed by atoms with E-state index in [0.29, 0.717) is 23.1 Å². The average molecular weight is 263 g/mol. The second kappa shape index (κ2) is 5.72. The second-order valence-electron chi connectivity index (χ2n) is 5.80. The molecule has 0 spiro atoms. The minimum absolute atomic E-state index is 0.0107. The number of aryl methyl sites for hydroxylation is 1. The first-order valence-corrected chi connectivity index (χ1v) is 7.02. The molecule has 2 unspecified atom stereocenters. The Balaban J connectivity index is 2.14. The van der Waals surface area contributed by atoms with Crippen LogP contribution in [0.4, 0.5) is 4.39 Å². The molecule has 0 saturated heterocycles. The quantitative estimate of drug-likeness (QED) is 0.795. The van der Waals surface area contributed by atoms with Gasteiger partial charge in [-0.1, -0.05) is 19.8 Å². The molecule has 3 heteroatoms. The molecule has 2 atom stereocenters. The summed E-state index contributed by atoms with van der Waals surface area (Å²) in [5, 5.41) is 0. The molecule has 2 rings (SSSR count). The van der Waals surface area contributed by atoms with Crippen molar-refractivity contribution in [3.63, 3.8) is 0 Å². The lowest BCUT2D eigenvalue weighted by molar-refractivity contribution is 0.0671. The van der Waals surface area contributed by atoms with Gasteiger partial charge in [-0.2, -0.15) is 0 Å². The molecule has 1 aromatic carbocycles. The molecule has 19 heavy (non-hydrogen) atoms. The van der Waals surface area contributed by atoms with Gasteiger partial charge in [0, 0.05) is 18.7 Å². The third-order valence-electron chi connectivity index (χ3n) is 4.20. The summed E-state index contributed by atoms with van der Waals surface area (Å²) in [6.07, 6.45) is 4.59. The van der Waals surface area contributed by atoms with E-state index >= 15 is 0 Å². The maximum Gasteiger partial charge on any atom is 0.254 e. The summed E-state index contributed by atoms with van der Waals surface area (Å²) in [7, 11) is 1.87. The van der Waals surface area contributed by atoms with Crippen molar-refractivity contribution < 1.29 is 9.18 Å². The standard InChI is InChI=1S/C16H22FNO/c1-11-5-4-6-14(9-11)18(3)16(19)15-8-7-13(17)10-12(15)2/h7-8,10-11,14H,4-6,9H2,1-3H3. The Kier molecular flexibility index (Phi) is 4.23. The molecule has 1 saturated carbocycles. The van der Waals surface area contributed by atoms with Gasteiger partial charge in [0.25, 0.3) is 5.91 Å². The van der Waals surface area contributed by atoms with E-state index < -0.39 is 0 Å². The van der Waals surface area contributed by atoms with Gasteiger partial charge >= 0.3 is 0 Å². The smallest absolute Gasteiger partial charge is 0.254 e. The first kappa shape index (κ1) is 14.0. The van der Waals surface area contributed by atoms with Crippen LogP contribution in [0, 0.1) is 18.7 Å². The Labute approximate surface area is 114 Å². The molecule has 104 valence electrons. The van der Waals surface area contributed by atoms with Gasteiger partial charge in [0.1, 0.15) is 5.82 Å². The minimum atomic E-state index is -0.289. The SMILES string of the molecule is Cc1cc(F)ccc1C(=O)N(C)C1CCCC(C)C1. The first-order chi connectivity index (χ1) is 8.99. The van der Waals surface area contributed by atoms with Gasteiger partial charge in [-0.05, 0) is 49.4 Å². The zero-order valence-corrected chi connectivity index (χ0v) is 11.9. The van der Waals surface area contributed by atoms with Crippen LogP contribution in [-0.2, 0) is 0 Å². The summed E-state index contributed by atoms with van der Waals surface area (Å²) in [5.41, 5.74) is 1.32. The Morgan fingerprint density at radius 1 is 1.37 bits per heavy atom. The highest BCUT2D eigenvalue weighted by molar-refractivity contribution is 5.95. The molecule has 0 aliphatic heterocycles. The van der Waals surface area contributed by atoms with E-state index in [-0.39, 0.29) is 11.7 Å². The molecule has 1 aliphatic rings. The molecular weight excluding hydrogens is 241 g/mol. The van der Waals surface area contributed by atoms with Crippen LogP contribution in [0.5, 0.6) is 0 Å². The molecule has 0 heterocycles. The van der Waals surface area contributed by atoms with Crippen LogP contribution in [-0.4, -0.2) is 23.9 Å². The fourth-order valence-electron chi connectivity index (χ4n) is 2.98. The Hall–Kier alpha value is -1.38. The number of hydrogen-bond donors (Lipinski definition) is 0. The van der Waals surface area contributed by atoms with Crippen LogP contribution >= 0.6 is 0 Å². The van der Waals surface area contributed by atoms with Crippen LogP contribution in [0.25, 0.3) is 0 Å². The van der Waals surface area contributed by atoms with Gasteiger partial charge in [-0.25, -0.2) is 4.39 Å². The zero-order valence-electron chi connectivity index (χ0n) is 11.9. The normalized spacial score (nSPS) is 23.2. The summed E-state index contributed by atoms with van der Waals surface area (Å²) < 4.78 is 13.1. The van der Waals surface area contributed by atoms with E-state index in [9.17, 15) is 9.18 Å². The van der Waals surface area contributed by atoms with Crippen molar-refractivity contribution in [2.75, 3.05) is 7.05 Å². The third-order valence-corrected chi connectivity index (χ3v) is 4.20. The summed E-state index contributed by atoms with van der Waals surface area (Å²) in [4.78, 5) is 14.3. The molecule has 0 radical (unpaired) electrons. The fraction of sp³-hybridized carbons (Fsp3) is 0.562. The van der Waals surface area contributed by atoms with Crippen molar-refractivity contribution in [2.45, 2.75) is 45.6 Å². The number of benzene rings is 1. The van der Waals surface area contributed by atoms with Gasteiger partial charge in [-0.3, -0.25) is 4.79 Å². The summed E-state index contributed by atoms with van der Waals surface area (Å²) in [6.45, 7) is 4.03. The predicted octanol–water partition coefficient (Wildman–Crippen LogP) is 3.78. The van der Waals surface area contributed by atoms with Crippen LogP contribution in [0.1, 0.15) is 48.5 Å². The van der Waals surface area contributed by atoms with Gasteiger partial charge in [0.05, 0.1) is 0 Å². The first-order valence-electron chi connectivity index (χ1n) is 7.02. The predicted molar refractivity (Wildman–Crippen MR) is 74.7 cm³/mol. The number of rotatable bonds is 2. The molecule has 2 nitrogen and oxygen atoms in total. The molecule has 1 aliphatic carbocycles. The average Bonchev–Trinajstić information content (AvgIpc) is 2.37. The van der Waals surface area contributed by atoms with Gasteiger partial charge < -0.3 is 4.90 Å². The van der Waals surface area contributed by atoms with Crippen LogP contribution < -0.4 is 0 Å². The summed E-state index contributed by atoms with van der Waals surface area (Å²) in [6, 6.07) is 4.69. The molecule has 1 aromatic rings. The molecular formula is C16H22FNO. The molecule has 0 N–H and O–H groups in total. The monoisotopic (exact) mass is 263 g/mol. The van der Waals surface area contributed by atoms with Crippen LogP contribution in [0.2, 0.25) is 0 Å². The van der Waals surface area contributed by atoms with Crippen molar-refractivity contribution in [1.29, 1.82) is 0 Å². The lowest BCUT2D eigenvalue weighted by Gasteiger charge is -2.34. The highest BCUT2D eigenvalue weighted by Crippen LogP contribution is 2.27. The lowest BCUT2D eigenvalue weighted by Crippen LogP contribution is -2.40. The summed E-state index contributed by atoms with van der Waals surface area (Å²) in [5.74, 6) is 0.405. The Morgan fingerprint density at radius 2 is 2.11 bits per heavy atom. The van der Waals surface area contributed by atoms with Crippen molar-refractivity contribution in [3.8, 4) is 0 Å². The number of carbonyl (C=O) groups is 1. The van der Waals surface area contributed by atoms with Gasteiger partial charge in [0.15, 0.2) is 0 Å². The minimum Gasteiger partial charge on any atom is -0.339 e. The Bertz CT molecular complexity index is 472. The van der Waals surface area contributed by atoms with E-state index in [4.69, 9.17) is 0 Å². The van der Waals surface area contributed by atoms with E-state index in [0.717, 1.165) is 12.8 Å². The largest absolute Gasteiger partial charge is 0.339 e. The number of amides is 1. The maximum atomic E-state index is 13.1. The zero-order chi connectivity index (χ0) is 14.0. The van der Waals surface area contributed by atoms with Crippen molar-refractivity contribution in [1.82, 2.24) is 4.90 Å². The number of hydrogen-bond acceptors (Lipinski definition) is 1. The molecule has 0 bridgehead atoms. The molecule has 1 fully saturated rings. The Morgan fingerprint density at radius 3 is 2.74 bits per heavy atom. The number of nitrogens with zero attached hydrogens (tertiary/aromatic N) is 1. The second-order valence-corrected chi connectivity index (χ2v) is 5.80. The van der Waals surface area contributed by atoms with Gasteiger partial charge in [0.2, 0.25) is 0 Å². The molecule has 0 aromatic heterocycles. The topological polar surface area (TPSA) is 20.3 Å². The summed E-state index contributed by atoms with van der Waals surface area (Å²) >= 11 is 0. The van der Waals surface area contributed by atoms with Crippen LogP contribution in [0.15, 0.2) is 18.2 Å². The van der Waals surface area contributed by atoms with Crippen molar-refractivity contribution in [3.05, 3.63) is 35.1 Å². The van der Waals surface area contributed by atoms with E-state index in [1.54, 1.807) is 13.0 Å². The van der Waals surface area contributed by atoms with E-state index in [2.05, 4.69) is 6.92 Å². The number of carbonyl (C=O) groups excluding carboxylic acids is 1. The lowest BCUT2D eigenvalue weighted by atomic mass is 9.86. The van der Waals surface area contributed by atoms with E-state index in [1.807, 2.05) is 11.9 Å². The maximum absolute atomic E-state index is 13.1. The van der Waals surface area contributed by atoms with Gasteiger partial charge in [-0.15, -0.1) is 0 Å². The van der Waals surface area contributed by atoms with Crippen LogP contribution in [0.3, 0.4) is 0 Å². The van der Waals surface area contributed by atoms with E-state index in [1.165, 1.54) is 25.0 Å². The molecule has 1 amide bonds. The number of halogens is 1. The fourth-order valence-corrected chi connectivity index (χ4v) is 2.98. The highest BCUT2D eigenvalue weighted by atomic mass is 19.1. The van der Waals surface area contributed by atoms with Crippen molar-refractivity contribution >= 4 is 5.91 Å².